The Morgan fingerprint density at radius 1 is 1.52 bits per heavy atom. The molecule has 7 heteroatoms. The fourth-order valence-electron chi connectivity index (χ4n) is 3.45. The van der Waals surface area contributed by atoms with Crippen LogP contribution in [0.15, 0.2) is 4.79 Å². The number of fused-ring (bicyclic) bond motifs is 3. The van der Waals surface area contributed by atoms with Gasteiger partial charge in [0.1, 0.15) is 10.7 Å². The number of hydrogen-bond acceptors (Lipinski definition) is 6. The first kappa shape index (κ1) is 18.5. The molecular formula is C18H27N3O3S. The molecule has 3 rings (SSSR count). The molecule has 1 aliphatic rings. The number of H-pyrrole nitrogens is 1. The lowest BCUT2D eigenvalue weighted by Gasteiger charge is -2.19. The van der Waals surface area contributed by atoms with E-state index in [1.54, 1.807) is 11.3 Å². The first-order valence-electron chi connectivity index (χ1n) is 8.95. The molecule has 25 heavy (non-hydrogen) atoms. The highest BCUT2D eigenvalue weighted by molar-refractivity contribution is 7.18. The SMILES string of the molecule is CCOCC(O)CN(C)Cc1nc2sc3c(c2c(=O)[nH]1)CCC(C)C3. The Morgan fingerprint density at radius 2 is 2.32 bits per heavy atom. The monoisotopic (exact) mass is 365 g/mol. The van der Waals surface area contributed by atoms with Crippen molar-refractivity contribution in [1.82, 2.24) is 14.9 Å². The standard InChI is InChI=1S/C18H27N3O3S/c1-4-24-10-12(22)8-21(3)9-15-19-17(23)16-13-6-5-11(2)7-14(13)25-18(16)20-15/h11-12,22H,4-10H2,1-3H3,(H,19,20,23). The van der Waals surface area contributed by atoms with E-state index in [0.29, 0.717) is 38.0 Å². The molecule has 1 aliphatic carbocycles. The third-order valence-corrected chi connectivity index (χ3v) is 5.82. The summed E-state index contributed by atoms with van der Waals surface area (Å²) in [5.74, 6) is 1.33. The highest BCUT2D eigenvalue weighted by atomic mass is 32.1. The summed E-state index contributed by atoms with van der Waals surface area (Å²) >= 11 is 1.66. The number of nitrogens with zero attached hydrogens (tertiary/aromatic N) is 2. The van der Waals surface area contributed by atoms with Crippen molar-refractivity contribution < 1.29 is 9.84 Å². The third-order valence-electron chi connectivity index (χ3n) is 4.67. The van der Waals surface area contributed by atoms with Crippen LogP contribution in [0.25, 0.3) is 10.2 Å². The van der Waals surface area contributed by atoms with E-state index in [0.717, 1.165) is 29.5 Å². The van der Waals surface area contributed by atoms with Gasteiger partial charge in [-0.3, -0.25) is 9.69 Å². The van der Waals surface area contributed by atoms with Gasteiger partial charge < -0.3 is 14.8 Å². The molecule has 6 nitrogen and oxygen atoms in total. The van der Waals surface area contributed by atoms with Gasteiger partial charge in [-0.1, -0.05) is 6.92 Å². The Morgan fingerprint density at radius 3 is 3.08 bits per heavy atom. The Bertz CT molecular complexity index is 786. The maximum atomic E-state index is 12.6. The van der Waals surface area contributed by atoms with Crippen LogP contribution in [0, 0.1) is 5.92 Å². The topological polar surface area (TPSA) is 78.5 Å². The second kappa shape index (κ2) is 7.95. The largest absolute Gasteiger partial charge is 0.389 e. The average Bonchev–Trinajstić information content (AvgIpc) is 2.90. The molecule has 0 spiro atoms. The molecule has 0 aromatic carbocycles. The van der Waals surface area contributed by atoms with Crippen LogP contribution in [-0.2, 0) is 24.1 Å². The molecule has 2 unspecified atom stereocenters. The van der Waals surface area contributed by atoms with E-state index < -0.39 is 6.10 Å². The van der Waals surface area contributed by atoms with Crippen LogP contribution < -0.4 is 5.56 Å². The molecule has 2 aromatic heterocycles. The van der Waals surface area contributed by atoms with Gasteiger partial charge in [0.05, 0.1) is 24.6 Å². The lowest BCUT2D eigenvalue weighted by atomic mass is 9.89. The summed E-state index contributed by atoms with van der Waals surface area (Å²) in [6.45, 7) is 6.04. The zero-order chi connectivity index (χ0) is 18.0. The van der Waals surface area contributed by atoms with E-state index in [1.165, 1.54) is 10.4 Å². The fourth-order valence-corrected chi connectivity index (χ4v) is 4.86. The van der Waals surface area contributed by atoms with Crippen molar-refractivity contribution in [3.05, 3.63) is 26.6 Å². The minimum atomic E-state index is -0.545. The number of rotatable bonds is 7. The van der Waals surface area contributed by atoms with Crippen molar-refractivity contribution in [1.29, 1.82) is 0 Å². The first-order chi connectivity index (χ1) is 12.0. The van der Waals surface area contributed by atoms with E-state index in [2.05, 4.69) is 16.9 Å². The van der Waals surface area contributed by atoms with Crippen LogP contribution in [0.3, 0.4) is 0 Å². The molecule has 0 aliphatic heterocycles. The number of aliphatic hydroxyl groups excluding tert-OH is 1. The van der Waals surface area contributed by atoms with Crippen LogP contribution >= 0.6 is 11.3 Å². The lowest BCUT2D eigenvalue weighted by Crippen LogP contribution is -2.32. The summed E-state index contributed by atoms with van der Waals surface area (Å²) in [5, 5.41) is 10.7. The quantitative estimate of drug-likeness (QED) is 0.784. The number of aromatic amines is 1. The van der Waals surface area contributed by atoms with Crippen LogP contribution in [-0.4, -0.2) is 52.9 Å². The zero-order valence-corrected chi connectivity index (χ0v) is 16.0. The maximum Gasteiger partial charge on any atom is 0.259 e. The van der Waals surface area contributed by atoms with Gasteiger partial charge in [0.15, 0.2) is 0 Å². The lowest BCUT2D eigenvalue weighted by molar-refractivity contribution is 0.0240. The number of nitrogens with one attached hydrogen (secondary N) is 1. The number of thiophene rings is 1. The highest BCUT2D eigenvalue weighted by Crippen LogP contribution is 2.35. The van der Waals surface area contributed by atoms with Crippen LogP contribution in [0.5, 0.6) is 0 Å². The molecule has 2 heterocycles. The summed E-state index contributed by atoms with van der Waals surface area (Å²) in [4.78, 5) is 24.3. The third kappa shape index (κ3) is 4.28. The van der Waals surface area contributed by atoms with Crippen molar-refractivity contribution in [2.75, 3.05) is 26.8 Å². The molecule has 2 aromatic rings. The van der Waals surface area contributed by atoms with E-state index >= 15 is 0 Å². The minimum absolute atomic E-state index is 0.0321. The summed E-state index contributed by atoms with van der Waals surface area (Å²) in [5.41, 5.74) is 1.18. The Balaban J connectivity index is 1.76. The van der Waals surface area contributed by atoms with Crippen molar-refractivity contribution >= 4 is 21.6 Å². The molecule has 0 bridgehead atoms. The highest BCUT2D eigenvalue weighted by Gasteiger charge is 2.23. The van der Waals surface area contributed by atoms with E-state index in [1.807, 2.05) is 18.9 Å². The molecule has 0 fully saturated rings. The van der Waals surface area contributed by atoms with Crippen LogP contribution in [0.1, 0.15) is 36.5 Å². The van der Waals surface area contributed by atoms with Gasteiger partial charge in [-0.15, -0.1) is 11.3 Å². The number of aryl methyl sites for hydroxylation is 1. The summed E-state index contributed by atoms with van der Waals surface area (Å²) < 4.78 is 5.23. The molecule has 0 saturated carbocycles. The smallest absolute Gasteiger partial charge is 0.259 e. The van der Waals surface area contributed by atoms with Gasteiger partial charge >= 0.3 is 0 Å². The van der Waals surface area contributed by atoms with Gasteiger partial charge in [0.25, 0.3) is 5.56 Å². The van der Waals surface area contributed by atoms with Gasteiger partial charge in [0, 0.05) is 18.0 Å². The average molecular weight is 365 g/mol. The number of aliphatic hydroxyl groups is 1. The van der Waals surface area contributed by atoms with Crippen LogP contribution in [0.4, 0.5) is 0 Å². The molecule has 2 N–H and O–H groups in total. The van der Waals surface area contributed by atoms with E-state index in [4.69, 9.17) is 4.74 Å². The molecule has 138 valence electrons. The number of hydrogen-bond donors (Lipinski definition) is 2. The normalized spacial score (nSPS) is 18.7. The fraction of sp³-hybridized carbons (Fsp3) is 0.667. The molecular weight excluding hydrogens is 338 g/mol. The van der Waals surface area contributed by atoms with Crippen molar-refractivity contribution in [3.8, 4) is 0 Å². The van der Waals surface area contributed by atoms with Gasteiger partial charge in [-0.25, -0.2) is 4.98 Å². The van der Waals surface area contributed by atoms with Crippen molar-refractivity contribution in [2.45, 2.75) is 45.8 Å². The zero-order valence-electron chi connectivity index (χ0n) is 15.2. The van der Waals surface area contributed by atoms with Crippen molar-refractivity contribution in [2.24, 2.45) is 5.92 Å². The first-order valence-corrected chi connectivity index (χ1v) is 9.77. The minimum Gasteiger partial charge on any atom is -0.389 e. The summed E-state index contributed by atoms with van der Waals surface area (Å²) in [6.07, 6.45) is 2.62. The van der Waals surface area contributed by atoms with E-state index in [9.17, 15) is 9.90 Å². The number of ether oxygens (including phenoxy) is 1. The molecule has 2 atom stereocenters. The summed E-state index contributed by atoms with van der Waals surface area (Å²) in [7, 11) is 1.90. The van der Waals surface area contributed by atoms with Gasteiger partial charge in [-0.2, -0.15) is 0 Å². The molecule has 0 radical (unpaired) electrons. The van der Waals surface area contributed by atoms with Gasteiger partial charge in [-0.05, 0) is 44.7 Å². The van der Waals surface area contributed by atoms with E-state index in [-0.39, 0.29) is 5.56 Å². The van der Waals surface area contributed by atoms with Crippen LogP contribution in [0.2, 0.25) is 0 Å². The Hall–Kier alpha value is -1.28. The van der Waals surface area contributed by atoms with Gasteiger partial charge in [0.2, 0.25) is 0 Å². The maximum absolute atomic E-state index is 12.6. The number of likely N-dealkylation sites (N-methyl/N-ethyl adjacent to an activating group) is 1. The predicted molar refractivity (Wildman–Crippen MR) is 100 cm³/mol. The number of aromatic nitrogens is 2. The Kier molecular flexibility index (Phi) is 5.89. The molecule has 0 saturated heterocycles. The molecule has 0 amide bonds. The second-order valence-electron chi connectivity index (χ2n) is 7.05. The second-order valence-corrected chi connectivity index (χ2v) is 8.14. The summed E-state index contributed by atoms with van der Waals surface area (Å²) in [6, 6.07) is 0. The Labute approximate surface area is 151 Å². The predicted octanol–water partition coefficient (Wildman–Crippen LogP) is 1.94. The van der Waals surface area contributed by atoms with Crippen molar-refractivity contribution in [3.63, 3.8) is 0 Å².